The first-order valence-electron chi connectivity index (χ1n) is 6.72. The summed E-state index contributed by atoms with van der Waals surface area (Å²) < 4.78 is 0. The fourth-order valence-electron chi connectivity index (χ4n) is 2.20. The first-order chi connectivity index (χ1) is 11.2. The zero-order chi connectivity index (χ0) is 15.8. The van der Waals surface area contributed by atoms with Crippen molar-refractivity contribution in [2.24, 2.45) is 0 Å². The monoisotopic (exact) mass is 342 g/mol. The lowest BCUT2D eigenvalue weighted by molar-refractivity contribution is 0.102. The van der Waals surface area contributed by atoms with Crippen molar-refractivity contribution < 1.29 is 4.79 Å². The Morgan fingerprint density at radius 3 is 2.83 bits per heavy atom. The first kappa shape index (κ1) is 13.9. The van der Waals surface area contributed by atoms with Crippen molar-refractivity contribution in [2.45, 2.75) is 0 Å². The quantitative estimate of drug-likeness (QED) is 0.533. The summed E-state index contributed by atoms with van der Waals surface area (Å²) in [5.74, 6) is -0.277. The number of carbonyl (C=O) groups is 1. The van der Waals surface area contributed by atoms with Crippen LogP contribution in [0.2, 0.25) is 0 Å². The van der Waals surface area contributed by atoms with Crippen LogP contribution < -0.4 is 11.0 Å². The second-order valence-corrected chi connectivity index (χ2v) is 6.61. The highest BCUT2D eigenvalue weighted by Crippen LogP contribution is 2.28. The molecule has 0 fully saturated rings. The number of carbonyl (C=O) groups excluding carboxylic acids is 1. The fourth-order valence-corrected chi connectivity index (χ4v) is 3.81. The number of rotatable bonds is 3. The van der Waals surface area contributed by atoms with Gasteiger partial charge in [0.1, 0.15) is 10.7 Å². The highest BCUT2D eigenvalue weighted by Gasteiger charge is 2.13. The standard InChI is InChI=1S/C15H10N4O2S2/c20-13(11-7-23-14(17-11)12-2-1-5-22-12)16-8-3-4-9-10(6-8)19-15(21)18-9/h1-7H,(H,16,20)(H2,18,19,21). The third-order valence-corrected chi connectivity index (χ3v) is 5.12. The minimum absolute atomic E-state index is 0.274. The highest BCUT2D eigenvalue weighted by molar-refractivity contribution is 7.20. The molecule has 3 aromatic heterocycles. The van der Waals surface area contributed by atoms with E-state index in [1.165, 1.54) is 11.3 Å². The highest BCUT2D eigenvalue weighted by atomic mass is 32.1. The minimum Gasteiger partial charge on any atom is -0.321 e. The van der Waals surface area contributed by atoms with Gasteiger partial charge in [-0.25, -0.2) is 9.78 Å². The molecule has 0 saturated carbocycles. The Balaban J connectivity index is 1.57. The largest absolute Gasteiger partial charge is 0.323 e. The van der Waals surface area contributed by atoms with E-state index in [1.807, 2.05) is 17.5 Å². The third kappa shape index (κ3) is 2.69. The molecular formula is C15H10N4O2S2. The number of amides is 1. The molecule has 0 aliphatic heterocycles. The van der Waals surface area contributed by atoms with Crippen molar-refractivity contribution in [2.75, 3.05) is 5.32 Å². The summed E-state index contributed by atoms with van der Waals surface area (Å²) in [5, 5.41) is 7.33. The Bertz CT molecular complexity index is 1040. The molecule has 8 heteroatoms. The number of thiazole rings is 1. The van der Waals surface area contributed by atoms with Gasteiger partial charge < -0.3 is 15.3 Å². The van der Waals surface area contributed by atoms with E-state index in [2.05, 4.69) is 20.3 Å². The third-order valence-electron chi connectivity index (χ3n) is 3.24. The van der Waals surface area contributed by atoms with Gasteiger partial charge in [-0.3, -0.25) is 4.79 Å². The second kappa shape index (κ2) is 5.49. The smallest absolute Gasteiger partial charge is 0.321 e. The molecule has 3 N–H and O–H groups in total. The predicted octanol–water partition coefficient (Wildman–Crippen LogP) is 3.29. The lowest BCUT2D eigenvalue weighted by atomic mass is 10.2. The molecule has 0 radical (unpaired) electrons. The van der Waals surface area contributed by atoms with Crippen LogP contribution in [0, 0.1) is 0 Å². The zero-order valence-electron chi connectivity index (χ0n) is 11.6. The van der Waals surface area contributed by atoms with E-state index >= 15 is 0 Å². The van der Waals surface area contributed by atoms with Crippen molar-refractivity contribution >= 4 is 45.3 Å². The van der Waals surface area contributed by atoms with E-state index < -0.39 is 0 Å². The Kier molecular flexibility index (Phi) is 3.32. The SMILES string of the molecule is O=C(Nc1ccc2[nH]c(=O)[nH]c2c1)c1csc(-c2cccs2)n1. The van der Waals surface area contributed by atoms with Crippen molar-refractivity contribution in [1.82, 2.24) is 15.0 Å². The number of aromatic amines is 2. The van der Waals surface area contributed by atoms with Crippen LogP contribution in [0.3, 0.4) is 0 Å². The van der Waals surface area contributed by atoms with Gasteiger partial charge in [-0.1, -0.05) is 6.07 Å². The molecule has 4 aromatic rings. The van der Waals surface area contributed by atoms with Crippen molar-refractivity contribution in [3.05, 3.63) is 57.3 Å². The molecule has 23 heavy (non-hydrogen) atoms. The molecule has 4 rings (SSSR count). The molecule has 0 unspecified atom stereocenters. The number of anilines is 1. The number of nitrogens with one attached hydrogen (secondary N) is 3. The van der Waals surface area contributed by atoms with Gasteiger partial charge in [0, 0.05) is 11.1 Å². The van der Waals surface area contributed by atoms with E-state index in [4.69, 9.17) is 0 Å². The maximum absolute atomic E-state index is 12.3. The van der Waals surface area contributed by atoms with E-state index in [-0.39, 0.29) is 11.6 Å². The Morgan fingerprint density at radius 1 is 1.13 bits per heavy atom. The van der Waals surface area contributed by atoms with Crippen LogP contribution in [0.1, 0.15) is 10.5 Å². The molecule has 114 valence electrons. The van der Waals surface area contributed by atoms with E-state index in [1.54, 1.807) is 34.9 Å². The molecule has 0 bridgehead atoms. The van der Waals surface area contributed by atoms with Gasteiger partial charge in [-0.2, -0.15) is 0 Å². The molecule has 0 aliphatic rings. The number of benzene rings is 1. The summed E-state index contributed by atoms with van der Waals surface area (Å²) in [4.78, 5) is 34.3. The van der Waals surface area contributed by atoms with Crippen LogP contribution >= 0.6 is 22.7 Å². The fraction of sp³-hybridized carbons (Fsp3) is 0. The minimum atomic E-state index is -0.277. The summed E-state index contributed by atoms with van der Waals surface area (Å²) >= 11 is 3.03. The van der Waals surface area contributed by atoms with Crippen LogP contribution in [0.25, 0.3) is 20.9 Å². The van der Waals surface area contributed by atoms with Crippen molar-refractivity contribution in [1.29, 1.82) is 0 Å². The molecule has 0 saturated heterocycles. The Labute approximate surface area is 137 Å². The van der Waals surface area contributed by atoms with Crippen molar-refractivity contribution in [3.8, 4) is 9.88 Å². The van der Waals surface area contributed by atoms with Crippen LogP contribution in [0.15, 0.2) is 45.9 Å². The molecular weight excluding hydrogens is 332 g/mol. The molecule has 0 atom stereocenters. The summed E-state index contributed by atoms with van der Waals surface area (Å²) in [7, 11) is 0. The van der Waals surface area contributed by atoms with Gasteiger partial charge in [-0.05, 0) is 29.6 Å². The van der Waals surface area contributed by atoms with Crippen LogP contribution in [0.5, 0.6) is 0 Å². The average molecular weight is 342 g/mol. The normalized spacial score (nSPS) is 11.0. The van der Waals surface area contributed by atoms with Gasteiger partial charge >= 0.3 is 5.69 Å². The molecule has 0 spiro atoms. The Hall–Kier alpha value is -2.71. The molecule has 1 amide bonds. The number of hydrogen-bond donors (Lipinski definition) is 3. The number of hydrogen-bond acceptors (Lipinski definition) is 5. The summed E-state index contributed by atoms with van der Waals surface area (Å²) in [6, 6.07) is 9.10. The zero-order valence-corrected chi connectivity index (χ0v) is 13.3. The molecule has 3 heterocycles. The van der Waals surface area contributed by atoms with E-state index in [0.29, 0.717) is 22.4 Å². The maximum atomic E-state index is 12.3. The summed E-state index contributed by atoms with van der Waals surface area (Å²) in [6.45, 7) is 0. The Morgan fingerprint density at radius 2 is 2.00 bits per heavy atom. The lowest BCUT2D eigenvalue weighted by Gasteiger charge is -2.02. The number of aromatic nitrogens is 3. The van der Waals surface area contributed by atoms with E-state index in [9.17, 15) is 9.59 Å². The number of H-pyrrole nitrogens is 2. The maximum Gasteiger partial charge on any atom is 0.323 e. The first-order valence-corrected chi connectivity index (χ1v) is 8.48. The van der Waals surface area contributed by atoms with Crippen LogP contribution in [0.4, 0.5) is 5.69 Å². The summed E-state index contributed by atoms with van der Waals surface area (Å²) in [5.41, 5.74) is 2.04. The van der Waals surface area contributed by atoms with Crippen molar-refractivity contribution in [3.63, 3.8) is 0 Å². The second-order valence-electron chi connectivity index (χ2n) is 4.81. The lowest BCUT2D eigenvalue weighted by Crippen LogP contribution is -2.12. The van der Waals surface area contributed by atoms with Gasteiger partial charge in [0.05, 0.1) is 15.9 Å². The van der Waals surface area contributed by atoms with Crippen LogP contribution in [-0.4, -0.2) is 20.9 Å². The number of nitrogens with zero attached hydrogens (tertiary/aromatic N) is 1. The van der Waals surface area contributed by atoms with Gasteiger partial charge in [-0.15, -0.1) is 22.7 Å². The number of thiophene rings is 1. The van der Waals surface area contributed by atoms with Gasteiger partial charge in [0.15, 0.2) is 0 Å². The number of imidazole rings is 1. The predicted molar refractivity (Wildman–Crippen MR) is 92.3 cm³/mol. The average Bonchev–Trinajstić information content (AvgIpc) is 3.26. The summed E-state index contributed by atoms with van der Waals surface area (Å²) in [6.07, 6.45) is 0. The molecule has 6 nitrogen and oxygen atoms in total. The molecule has 0 aliphatic carbocycles. The number of fused-ring (bicyclic) bond motifs is 1. The molecule has 1 aromatic carbocycles. The van der Waals surface area contributed by atoms with E-state index in [0.717, 1.165) is 9.88 Å². The van der Waals surface area contributed by atoms with Crippen LogP contribution in [-0.2, 0) is 0 Å². The topological polar surface area (TPSA) is 90.6 Å². The van der Waals surface area contributed by atoms with Gasteiger partial charge in [0.25, 0.3) is 5.91 Å². The van der Waals surface area contributed by atoms with Gasteiger partial charge in [0.2, 0.25) is 0 Å².